The minimum Gasteiger partial charge on any atom is -0.368 e. The predicted molar refractivity (Wildman–Crippen MR) is 151 cm³/mol. The van der Waals surface area contributed by atoms with E-state index in [9.17, 15) is 14.4 Å². The van der Waals surface area contributed by atoms with Crippen LogP contribution in [0.3, 0.4) is 0 Å². The summed E-state index contributed by atoms with van der Waals surface area (Å²) in [5.41, 5.74) is 2.36. The number of carbonyl (C=O) groups excluding carboxylic acids is 2. The van der Waals surface area contributed by atoms with Gasteiger partial charge in [-0.1, -0.05) is 12.6 Å². The van der Waals surface area contributed by atoms with E-state index in [0.717, 1.165) is 36.3 Å². The molecule has 2 aliphatic heterocycles. The summed E-state index contributed by atoms with van der Waals surface area (Å²) < 4.78 is 1.69. The summed E-state index contributed by atoms with van der Waals surface area (Å²) in [5, 5.41) is 4.08. The molecule has 0 saturated carbocycles. The molecule has 0 atom stereocenters. The highest BCUT2D eigenvalue weighted by Gasteiger charge is 2.29. The molecular formula is C28H34N8O3. The molecule has 5 rings (SSSR count). The number of nitrogens with zero attached hydrogens (tertiary/aromatic N) is 7. The Hall–Kier alpha value is -4.41. The van der Waals surface area contributed by atoms with Gasteiger partial charge in [-0.15, -0.1) is 0 Å². The molecule has 2 fully saturated rings. The third-order valence-electron chi connectivity index (χ3n) is 7.33. The number of nitrogens with one attached hydrogen (secondary N) is 1. The van der Waals surface area contributed by atoms with Crippen LogP contribution in [0, 0.1) is 5.92 Å². The van der Waals surface area contributed by atoms with Crippen molar-refractivity contribution in [1.29, 1.82) is 0 Å². The highest BCUT2D eigenvalue weighted by Crippen LogP contribution is 2.24. The van der Waals surface area contributed by atoms with Crippen molar-refractivity contribution in [3.8, 4) is 0 Å². The molecule has 0 radical (unpaired) electrons. The third kappa shape index (κ3) is 5.71. The zero-order valence-corrected chi connectivity index (χ0v) is 22.4. The molecule has 3 amide bonds. The van der Waals surface area contributed by atoms with Crippen molar-refractivity contribution >= 4 is 40.3 Å². The van der Waals surface area contributed by atoms with Gasteiger partial charge in [0.05, 0.1) is 0 Å². The number of rotatable bonds is 7. The average Bonchev–Trinajstić information content (AvgIpc) is 2.92. The van der Waals surface area contributed by atoms with Gasteiger partial charge < -0.3 is 24.9 Å². The van der Waals surface area contributed by atoms with Crippen LogP contribution in [0.2, 0.25) is 0 Å². The monoisotopic (exact) mass is 530 g/mol. The molecule has 0 aliphatic carbocycles. The molecule has 204 valence electrons. The van der Waals surface area contributed by atoms with Crippen LogP contribution in [0.25, 0.3) is 11.0 Å². The van der Waals surface area contributed by atoms with Gasteiger partial charge in [-0.25, -0.2) is 9.78 Å². The van der Waals surface area contributed by atoms with E-state index in [1.54, 1.807) is 46.8 Å². The second-order valence-electron chi connectivity index (χ2n) is 10.2. The molecule has 3 aromatic rings. The molecule has 4 heterocycles. The largest absolute Gasteiger partial charge is 0.368 e. The first-order valence-corrected chi connectivity index (χ1v) is 13.2. The number of aryl methyl sites for hydroxylation is 1. The third-order valence-corrected chi connectivity index (χ3v) is 7.33. The molecule has 2 saturated heterocycles. The number of urea groups is 1. The van der Waals surface area contributed by atoms with Gasteiger partial charge in [0.1, 0.15) is 5.65 Å². The standard InChI is InChI=1S/C28H34N8O3/c1-4-24(37)35-18-20(19-35)10-11-36-25(38)9-8-21-17-29-27(31-26(21)36)30-22-6-5-7-23(16-22)33-12-14-34(15-13-33)28(39)32(2)3/h4-9,16-17,20H,1,10-15,18-19H2,2-3H3,(H,29,30,31). The number of aromatic nitrogens is 3. The lowest BCUT2D eigenvalue weighted by atomic mass is 9.96. The van der Waals surface area contributed by atoms with Gasteiger partial charge in [-0.3, -0.25) is 14.2 Å². The Morgan fingerprint density at radius 3 is 2.59 bits per heavy atom. The maximum absolute atomic E-state index is 12.7. The van der Waals surface area contributed by atoms with Crippen LogP contribution in [0.1, 0.15) is 6.42 Å². The molecule has 2 aliphatic rings. The first-order chi connectivity index (χ1) is 18.8. The van der Waals surface area contributed by atoms with Crippen molar-refractivity contribution in [2.75, 3.05) is 63.6 Å². The van der Waals surface area contributed by atoms with Crippen LogP contribution < -0.4 is 15.8 Å². The lowest BCUT2D eigenvalue weighted by Gasteiger charge is -2.38. The number of hydrogen-bond donors (Lipinski definition) is 1. The molecule has 1 aromatic carbocycles. The van der Waals surface area contributed by atoms with Crippen molar-refractivity contribution in [2.24, 2.45) is 5.92 Å². The fourth-order valence-electron chi connectivity index (χ4n) is 5.07. The molecule has 11 heteroatoms. The van der Waals surface area contributed by atoms with E-state index in [-0.39, 0.29) is 17.5 Å². The van der Waals surface area contributed by atoms with Crippen LogP contribution in [-0.4, -0.2) is 94.5 Å². The highest BCUT2D eigenvalue weighted by molar-refractivity contribution is 5.87. The number of fused-ring (bicyclic) bond motifs is 1. The number of pyridine rings is 1. The topological polar surface area (TPSA) is 107 Å². The second-order valence-corrected chi connectivity index (χ2v) is 10.2. The number of hydrogen-bond acceptors (Lipinski definition) is 7. The molecule has 39 heavy (non-hydrogen) atoms. The van der Waals surface area contributed by atoms with E-state index in [0.29, 0.717) is 50.2 Å². The van der Waals surface area contributed by atoms with Crippen LogP contribution in [0.5, 0.6) is 0 Å². The van der Waals surface area contributed by atoms with E-state index in [1.165, 1.54) is 6.08 Å². The molecule has 0 unspecified atom stereocenters. The number of benzene rings is 1. The molecule has 0 spiro atoms. The smallest absolute Gasteiger partial charge is 0.319 e. The minimum absolute atomic E-state index is 0.0365. The Balaban J connectivity index is 1.27. The second kappa shape index (κ2) is 11.1. The Labute approximate surface area is 227 Å². The van der Waals surface area contributed by atoms with Crippen LogP contribution in [-0.2, 0) is 11.3 Å². The van der Waals surface area contributed by atoms with Crippen molar-refractivity contribution in [3.05, 3.63) is 65.6 Å². The van der Waals surface area contributed by atoms with E-state index in [4.69, 9.17) is 4.98 Å². The fourth-order valence-corrected chi connectivity index (χ4v) is 5.07. The van der Waals surface area contributed by atoms with Crippen LogP contribution in [0.4, 0.5) is 22.1 Å². The number of likely N-dealkylation sites (tertiary alicyclic amines) is 1. The molecule has 0 bridgehead atoms. The number of carbonyl (C=O) groups is 2. The molecule has 1 N–H and O–H groups in total. The number of amides is 3. The van der Waals surface area contributed by atoms with E-state index in [1.807, 2.05) is 23.1 Å². The van der Waals surface area contributed by atoms with Crippen molar-refractivity contribution in [1.82, 2.24) is 29.2 Å². The lowest BCUT2D eigenvalue weighted by Crippen LogP contribution is -2.51. The minimum atomic E-state index is -0.112. The van der Waals surface area contributed by atoms with Crippen LogP contribution >= 0.6 is 0 Å². The fraction of sp³-hybridized carbons (Fsp3) is 0.393. The zero-order valence-electron chi connectivity index (χ0n) is 22.4. The first kappa shape index (κ1) is 26.2. The quantitative estimate of drug-likeness (QED) is 0.468. The SMILES string of the molecule is C=CC(=O)N1CC(CCn2c(=O)ccc3cnc(Nc4cccc(N5CCN(C(=O)N(C)C)CC5)c4)nc32)C1. The van der Waals surface area contributed by atoms with Gasteiger partial charge in [0.15, 0.2) is 0 Å². The Bertz CT molecular complexity index is 1440. The summed E-state index contributed by atoms with van der Waals surface area (Å²) in [6.07, 6.45) is 3.84. The van der Waals surface area contributed by atoms with Gasteiger partial charge in [-0.05, 0) is 42.7 Å². The molecule has 2 aromatic heterocycles. The summed E-state index contributed by atoms with van der Waals surface area (Å²) >= 11 is 0. The van der Waals surface area contributed by atoms with E-state index < -0.39 is 0 Å². The van der Waals surface area contributed by atoms with Gasteiger partial charge in [0, 0.05) is 88.9 Å². The van der Waals surface area contributed by atoms with Gasteiger partial charge in [0.2, 0.25) is 11.9 Å². The maximum Gasteiger partial charge on any atom is 0.319 e. The first-order valence-electron chi connectivity index (χ1n) is 13.2. The predicted octanol–water partition coefficient (Wildman–Crippen LogP) is 2.37. The van der Waals surface area contributed by atoms with E-state index >= 15 is 0 Å². The lowest BCUT2D eigenvalue weighted by molar-refractivity contribution is -0.132. The summed E-state index contributed by atoms with van der Waals surface area (Å²) in [7, 11) is 3.54. The summed E-state index contributed by atoms with van der Waals surface area (Å²) in [6.45, 7) is 8.27. The zero-order chi connectivity index (χ0) is 27.5. The Morgan fingerprint density at radius 2 is 1.87 bits per heavy atom. The average molecular weight is 531 g/mol. The summed E-state index contributed by atoms with van der Waals surface area (Å²) in [4.78, 5) is 53.3. The Morgan fingerprint density at radius 1 is 1.10 bits per heavy atom. The molecule has 11 nitrogen and oxygen atoms in total. The van der Waals surface area contributed by atoms with Gasteiger partial charge in [-0.2, -0.15) is 4.98 Å². The van der Waals surface area contributed by atoms with Crippen molar-refractivity contribution in [3.63, 3.8) is 0 Å². The van der Waals surface area contributed by atoms with Crippen molar-refractivity contribution < 1.29 is 9.59 Å². The van der Waals surface area contributed by atoms with Gasteiger partial charge >= 0.3 is 6.03 Å². The summed E-state index contributed by atoms with van der Waals surface area (Å²) in [5.74, 6) is 0.704. The molecular weight excluding hydrogens is 496 g/mol. The van der Waals surface area contributed by atoms with Crippen LogP contribution in [0.15, 0.2) is 60.0 Å². The number of anilines is 3. The van der Waals surface area contributed by atoms with Crippen molar-refractivity contribution in [2.45, 2.75) is 13.0 Å². The maximum atomic E-state index is 12.7. The van der Waals surface area contributed by atoms with E-state index in [2.05, 4.69) is 27.8 Å². The Kier molecular flexibility index (Phi) is 7.49. The van der Waals surface area contributed by atoms with Gasteiger partial charge in [0.25, 0.3) is 5.56 Å². The highest BCUT2D eigenvalue weighted by atomic mass is 16.2. The summed E-state index contributed by atoms with van der Waals surface area (Å²) in [6, 6.07) is 11.4. The normalized spacial score (nSPS) is 15.7. The number of piperazine rings is 1.